The molecule has 2 aliphatic heterocycles. The van der Waals surface area contributed by atoms with Crippen molar-refractivity contribution in [2.75, 3.05) is 24.6 Å². The van der Waals surface area contributed by atoms with Gasteiger partial charge in [0.1, 0.15) is 12.4 Å². The summed E-state index contributed by atoms with van der Waals surface area (Å²) in [7, 11) is 0. The van der Waals surface area contributed by atoms with E-state index in [-0.39, 0.29) is 5.78 Å². The van der Waals surface area contributed by atoms with E-state index in [0.29, 0.717) is 6.42 Å². The lowest BCUT2D eigenvalue weighted by atomic mass is 9.97. The molecule has 0 saturated heterocycles. The molecule has 0 unspecified atom stereocenters. The summed E-state index contributed by atoms with van der Waals surface area (Å²) in [5, 5.41) is 0. The Labute approximate surface area is 88.6 Å². The monoisotopic (exact) mass is 203 g/mol. The zero-order chi connectivity index (χ0) is 10.4. The van der Waals surface area contributed by atoms with Crippen molar-refractivity contribution in [1.29, 1.82) is 0 Å². The van der Waals surface area contributed by atoms with Crippen LogP contribution in [0.4, 0.5) is 5.69 Å². The van der Waals surface area contributed by atoms with Crippen molar-refractivity contribution in [3.63, 3.8) is 0 Å². The van der Waals surface area contributed by atoms with E-state index in [1.807, 2.05) is 19.1 Å². The SMILES string of the molecule is Cc1cc2c3c(c1)C(=O)CCN3CCO2. The lowest BCUT2D eigenvalue weighted by Crippen LogP contribution is -2.38. The minimum Gasteiger partial charge on any atom is -0.490 e. The Morgan fingerprint density at radius 3 is 3.07 bits per heavy atom. The van der Waals surface area contributed by atoms with E-state index in [2.05, 4.69) is 4.90 Å². The van der Waals surface area contributed by atoms with Crippen molar-refractivity contribution in [2.24, 2.45) is 0 Å². The van der Waals surface area contributed by atoms with Gasteiger partial charge in [-0.05, 0) is 24.6 Å². The molecule has 0 aliphatic carbocycles. The number of nitrogens with zero attached hydrogens (tertiary/aromatic N) is 1. The third-order valence-corrected chi connectivity index (χ3v) is 3.06. The summed E-state index contributed by atoms with van der Waals surface area (Å²) in [5.41, 5.74) is 2.96. The summed E-state index contributed by atoms with van der Waals surface area (Å²) < 4.78 is 5.61. The van der Waals surface area contributed by atoms with E-state index >= 15 is 0 Å². The molecule has 0 amide bonds. The first-order valence-corrected chi connectivity index (χ1v) is 5.31. The fourth-order valence-electron chi connectivity index (χ4n) is 2.37. The summed E-state index contributed by atoms with van der Waals surface area (Å²) in [5.74, 6) is 1.13. The minimum atomic E-state index is 0.247. The van der Waals surface area contributed by atoms with Crippen LogP contribution >= 0.6 is 0 Å². The van der Waals surface area contributed by atoms with Gasteiger partial charge in [0.25, 0.3) is 0 Å². The number of hydrogen-bond donors (Lipinski definition) is 0. The van der Waals surface area contributed by atoms with Crippen LogP contribution in [0.2, 0.25) is 0 Å². The molecule has 1 aromatic rings. The van der Waals surface area contributed by atoms with Gasteiger partial charge in [-0.3, -0.25) is 4.79 Å². The molecule has 3 rings (SSSR count). The predicted octanol–water partition coefficient (Wildman–Crippen LogP) is 1.78. The number of carbonyl (C=O) groups is 1. The van der Waals surface area contributed by atoms with Gasteiger partial charge in [-0.25, -0.2) is 0 Å². The summed E-state index contributed by atoms with van der Waals surface area (Å²) >= 11 is 0. The van der Waals surface area contributed by atoms with E-state index in [1.54, 1.807) is 0 Å². The standard InChI is InChI=1S/C12H13NO2/c1-8-6-9-10(14)2-3-13-4-5-15-11(7-8)12(9)13/h6-7H,2-5H2,1H3. The van der Waals surface area contributed by atoms with Gasteiger partial charge in [-0.15, -0.1) is 0 Å². The Kier molecular flexibility index (Phi) is 1.75. The van der Waals surface area contributed by atoms with E-state index < -0.39 is 0 Å². The minimum absolute atomic E-state index is 0.247. The molecule has 15 heavy (non-hydrogen) atoms. The van der Waals surface area contributed by atoms with E-state index in [9.17, 15) is 4.79 Å². The molecule has 0 saturated carbocycles. The van der Waals surface area contributed by atoms with Gasteiger partial charge in [0.05, 0.1) is 12.2 Å². The van der Waals surface area contributed by atoms with Crippen LogP contribution in [0.3, 0.4) is 0 Å². The Morgan fingerprint density at radius 1 is 1.33 bits per heavy atom. The van der Waals surface area contributed by atoms with Crippen LogP contribution in [0, 0.1) is 6.92 Å². The Bertz CT molecular complexity index is 439. The molecule has 0 radical (unpaired) electrons. The van der Waals surface area contributed by atoms with Crippen molar-refractivity contribution >= 4 is 11.5 Å². The molecular weight excluding hydrogens is 190 g/mol. The molecule has 0 aromatic heterocycles. The van der Waals surface area contributed by atoms with Gasteiger partial charge in [0.15, 0.2) is 5.78 Å². The molecule has 1 aromatic carbocycles. The summed E-state index contributed by atoms with van der Waals surface area (Å²) in [6.45, 7) is 4.46. The van der Waals surface area contributed by atoms with E-state index in [4.69, 9.17) is 4.74 Å². The third-order valence-electron chi connectivity index (χ3n) is 3.06. The first-order valence-electron chi connectivity index (χ1n) is 5.31. The molecule has 3 nitrogen and oxygen atoms in total. The third kappa shape index (κ3) is 1.23. The second-order valence-corrected chi connectivity index (χ2v) is 4.17. The Hall–Kier alpha value is -1.51. The summed E-state index contributed by atoms with van der Waals surface area (Å²) in [6, 6.07) is 3.99. The predicted molar refractivity (Wildman–Crippen MR) is 57.8 cm³/mol. The number of carbonyl (C=O) groups excluding carboxylic acids is 1. The van der Waals surface area contributed by atoms with Crippen LogP contribution in [-0.4, -0.2) is 25.5 Å². The van der Waals surface area contributed by atoms with Gasteiger partial charge >= 0.3 is 0 Å². The smallest absolute Gasteiger partial charge is 0.166 e. The van der Waals surface area contributed by atoms with E-state index in [1.165, 1.54) is 0 Å². The van der Waals surface area contributed by atoms with Gasteiger partial charge < -0.3 is 9.64 Å². The normalized spacial score (nSPS) is 18.5. The maximum atomic E-state index is 11.8. The zero-order valence-electron chi connectivity index (χ0n) is 8.75. The highest BCUT2D eigenvalue weighted by Gasteiger charge is 2.29. The molecule has 0 spiro atoms. The fourth-order valence-corrected chi connectivity index (χ4v) is 2.37. The van der Waals surface area contributed by atoms with Gasteiger partial charge in [0.2, 0.25) is 0 Å². The van der Waals surface area contributed by atoms with Crippen LogP contribution < -0.4 is 9.64 Å². The van der Waals surface area contributed by atoms with E-state index in [0.717, 1.165) is 42.3 Å². The molecule has 0 atom stereocenters. The molecular formula is C12H13NO2. The first kappa shape index (κ1) is 8.77. The quantitative estimate of drug-likeness (QED) is 0.643. The lowest BCUT2D eigenvalue weighted by molar-refractivity contribution is 0.0977. The Balaban J connectivity index is 2.26. The fraction of sp³-hybridized carbons (Fsp3) is 0.417. The maximum absolute atomic E-state index is 11.8. The number of Topliss-reactive ketones (excluding diaryl/α,β-unsaturated/α-hetero) is 1. The summed E-state index contributed by atoms with van der Waals surface area (Å²) in [4.78, 5) is 14.1. The summed E-state index contributed by atoms with van der Waals surface area (Å²) in [6.07, 6.45) is 0.635. The number of aryl methyl sites for hydroxylation is 1. The highest BCUT2D eigenvalue weighted by atomic mass is 16.5. The van der Waals surface area contributed by atoms with Crippen molar-refractivity contribution in [3.8, 4) is 5.75 Å². The number of anilines is 1. The first-order chi connectivity index (χ1) is 7.25. The molecule has 3 heteroatoms. The van der Waals surface area contributed by atoms with Crippen LogP contribution in [0.1, 0.15) is 22.3 Å². The van der Waals surface area contributed by atoms with Crippen molar-refractivity contribution < 1.29 is 9.53 Å². The van der Waals surface area contributed by atoms with Gasteiger partial charge in [0, 0.05) is 18.5 Å². The average Bonchev–Trinajstić information content (AvgIpc) is 2.23. The average molecular weight is 203 g/mol. The maximum Gasteiger partial charge on any atom is 0.166 e. The topological polar surface area (TPSA) is 29.5 Å². The molecule has 2 heterocycles. The van der Waals surface area contributed by atoms with Crippen molar-refractivity contribution in [1.82, 2.24) is 0 Å². The molecule has 2 aliphatic rings. The molecule has 78 valence electrons. The second-order valence-electron chi connectivity index (χ2n) is 4.17. The number of ether oxygens (including phenoxy) is 1. The van der Waals surface area contributed by atoms with Crippen molar-refractivity contribution in [2.45, 2.75) is 13.3 Å². The molecule has 0 fully saturated rings. The Morgan fingerprint density at radius 2 is 2.20 bits per heavy atom. The number of rotatable bonds is 0. The van der Waals surface area contributed by atoms with Gasteiger partial charge in [-0.1, -0.05) is 0 Å². The number of ketones is 1. The van der Waals surface area contributed by atoms with Crippen LogP contribution in [0.15, 0.2) is 12.1 Å². The largest absolute Gasteiger partial charge is 0.490 e. The van der Waals surface area contributed by atoms with Crippen LogP contribution in [0.25, 0.3) is 0 Å². The van der Waals surface area contributed by atoms with Crippen LogP contribution in [-0.2, 0) is 0 Å². The zero-order valence-corrected chi connectivity index (χ0v) is 8.75. The highest BCUT2D eigenvalue weighted by Crippen LogP contribution is 2.39. The second kappa shape index (κ2) is 2.99. The highest BCUT2D eigenvalue weighted by molar-refractivity contribution is 6.05. The lowest BCUT2D eigenvalue weighted by Gasteiger charge is -2.35. The number of hydrogen-bond acceptors (Lipinski definition) is 3. The van der Waals surface area contributed by atoms with Crippen LogP contribution in [0.5, 0.6) is 5.75 Å². The molecule has 0 bridgehead atoms. The van der Waals surface area contributed by atoms with Gasteiger partial charge in [-0.2, -0.15) is 0 Å². The molecule has 0 N–H and O–H groups in total. The van der Waals surface area contributed by atoms with Crippen molar-refractivity contribution in [3.05, 3.63) is 23.3 Å². The number of benzene rings is 1.